The van der Waals surface area contributed by atoms with Crippen LogP contribution in [-0.4, -0.2) is 34.6 Å². The van der Waals surface area contributed by atoms with Gasteiger partial charge in [0, 0.05) is 18.9 Å². The Bertz CT molecular complexity index is 628. The van der Waals surface area contributed by atoms with Crippen molar-refractivity contribution in [2.45, 2.75) is 20.3 Å². The summed E-state index contributed by atoms with van der Waals surface area (Å²) in [6, 6.07) is 3.36. The number of Topliss-reactive ketones (excluding diaryl/α,β-unsaturated/α-hetero) is 1. The number of carboxylic acids is 1. The molecular weight excluding hydrogens is 268 g/mol. The van der Waals surface area contributed by atoms with Crippen molar-refractivity contribution in [3.8, 4) is 0 Å². The maximum absolute atomic E-state index is 12.3. The van der Waals surface area contributed by atoms with E-state index in [1.807, 2.05) is 6.92 Å². The second kappa shape index (κ2) is 7.89. The number of allylic oxidation sites excluding steroid dienone is 2. The Hall–Kier alpha value is -2.56. The summed E-state index contributed by atoms with van der Waals surface area (Å²) >= 11 is 0. The maximum Gasteiger partial charge on any atom is 0.339 e. The smallest absolute Gasteiger partial charge is 0.339 e. The third-order valence-corrected chi connectivity index (χ3v) is 2.69. The van der Waals surface area contributed by atoms with E-state index >= 15 is 0 Å². The third-order valence-electron chi connectivity index (χ3n) is 2.69. The van der Waals surface area contributed by atoms with Crippen LogP contribution in [0.5, 0.6) is 0 Å². The predicted octanol–water partition coefficient (Wildman–Crippen LogP) is 2.46. The molecule has 1 N–H and O–H groups in total. The number of rotatable bonds is 6. The topological polar surface area (TPSA) is 79.6 Å². The highest BCUT2D eigenvalue weighted by molar-refractivity contribution is 6.54. The van der Waals surface area contributed by atoms with E-state index in [1.165, 1.54) is 19.2 Å². The number of nitrogens with zero attached hydrogens (tertiary/aromatic N) is 2. The number of pyridine rings is 1. The molecule has 0 saturated carbocycles. The summed E-state index contributed by atoms with van der Waals surface area (Å²) in [6.45, 7) is 3.71. The van der Waals surface area contributed by atoms with E-state index < -0.39 is 11.8 Å². The van der Waals surface area contributed by atoms with Crippen molar-refractivity contribution >= 4 is 23.5 Å². The zero-order valence-corrected chi connectivity index (χ0v) is 12.3. The van der Waals surface area contributed by atoms with Gasteiger partial charge in [0.05, 0.1) is 0 Å². The van der Waals surface area contributed by atoms with Crippen LogP contribution in [0.15, 0.2) is 41.0 Å². The Balaban J connectivity index is 3.21. The minimum absolute atomic E-state index is 0.122. The molecule has 0 radical (unpaired) electrons. The van der Waals surface area contributed by atoms with E-state index in [0.29, 0.717) is 5.56 Å². The average molecular weight is 286 g/mol. The number of carboxylic acid groups (broad SMARTS) is 1. The molecule has 21 heavy (non-hydrogen) atoms. The van der Waals surface area contributed by atoms with Crippen LogP contribution >= 0.6 is 0 Å². The van der Waals surface area contributed by atoms with E-state index in [9.17, 15) is 14.7 Å². The summed E-state index contributed by atoms with van der Waals surface area (Å²) in [7, 11) is 1.46. The van der Waals surface area contributed by atoms with Crippen LogP contribution in [-0.2, 0) is 9.59 Å². The van der Waals surface area contributed by atoms with Gasteiger partial charge in [-0.1, -0.05) is 13.0 Å². The second-order valence-electron chi connectivity index (χ2n) is 4.34. The molecule has 0 aromatic carbocycles. The van der Waals surface area contributed by atoms with Gasteiger partial charge in [0.2, 0.25) is 5.78 Å². The normalized spacial score (nSPS) is 12.7. The van der Waals surface area contributed by atoms with Gasteiger partial charge in [0.1, 0.15) is 11.3 Å². The highest BCUT2D eigenvalue weighted by Gasteiger charge is 2.20. The largest absolute Gasteiger partial charge is 0.478 e. The van der Waals surface area contributed by atoms with Crippen molar-refractivity contribution in [2.24, 2.45) is 4.99 Å². The van der Waals surface area contributed by atoms with E-state index in [4.69, 9.17) is 0 Å². The van der Waals surface area contributed by atoms with Gasteiger partial charge in [0.25, 0.3) is 0 Å². The summed E-state index contributed by atoms with van der Waals surface area (Å²) in [5, 5.41) is 9.26. The number of aliphatic carboxylic acids is 1. The lowest BCUT2D eigenvalue weighted by Gasteiger charge is -2.03. The standard InChI is InChI=1S/C16H18N2O3/c1-4-5-6-14(17-3)15(19)13(16(20)21)10-12-7-8-18-11(2)9-12/h5-10H,4H2,1-3H3,(H,20,21)/b6-5-,13-10+,17-14?. The Morgan fingerprint density at radius 3 is 2.67 bits per heavy atom. The number of aryl methyl sites for hydroxylation is 1. The van der Waals surface area contributed by atoms with Crippen molar-refractivity contribution < 1.29 is 14.7 Å². The van der Waals surface area contributed by atoms with E-state index in [1.54, 1.807) is 31.3 Å². The fraction of sp³-hybridized carbons (Fsp3) is 0.250. The van der Waals surface area contributed by atoms with Crippen LogP contribution < -0.4 is 0 Å². The van der Waals surface area contributed by atoms with E-state index in [0.717, 1.165) is 12.1 Å². The fourth-order valence-electron chi connectivity index (χ4n) is 1.67. The maximum atomic E-state index is 12.3. The van der Waals surface area contributed by atoms with Crippen LogP contribution in [0.3, 0.4) is 0 Å². The van der Waals surface area contributed by atoms with Crippen molar-refractivity contribution in [1.82, 2.24) is 4.98 Å². The number of aromatic nitrogens is 1. The highest BCUT2D eigenvalue weighted by Crippen LogP contribution is 2.10. The minimum Gasteiger partial charge on any atom is -0.478 e. The van der Waals surface area contributed by atoms with Crippen LogP contribution in [0.25, 0.3) is 6.08 Å². The molecule has 0 fully saturated rings. The average Bonchev–Trinajstić information content (AvgIpc) is 2.45. The van der Waals surface area contributed by atoms with Crippen molar-refractivity contribution in [1.29, 1.82) is 0 Å². The van der Waals surface area contributed by atoms with E-state index in [2.05, 4.69) is 9.98 Å². The third kappa shape index (κ3) is 4.80. The highest BCUT2D eigenvalue weighted by atomic mass is 16.4. The summed E-state index contributed by atoms with van der Waals surface area (Å²) in [4.78, 5) is 31.5. The molecule has 1 aromatic heterocycles. The number of aliphatic imine (C=N–C) groups is 1. The lowest BCUT2D eigenvalue weighted by atomic mass is 10.0. The number of carbonyl (C=O) groups is 2. The first-order valence-electron chi connectivity index (χ1n) is 6.55. The van der Waals surface area contributed by atoms with Gasteiger partial charge in [-0.3, -0.25) is 14.8 Å². The summed E-state index contributed by atoms with van der Waals surface area (Å²) in [5.41, 5.74) is 1.16. The Kier molecular flexibility index (Phi) is 6.20. The number of carbonyl (C=O) groups excluding carboxylic acids is 1. The van der Waals surface area contributed by atoms with Crippen LogP contribution in [0.1, 0.15) is 24.6 Å². The molecule has 0 saturated heterocycles. The first-order valence-corrected chi connectivity index (χ1v) is 6.55. The molecule has 0 spiro atoms. The van der Waals surface area contributed by atoms with Crippen molar-refractivity contribution in [3.63, 3.8) is 0 Å². The molecule has 0 aliphatic carbocycles. The second-order valence-corrected chi connectivity index (χ2v) is 4.34. The molecule has 0 amide bonds. The molecular formula is C16H18N2O3. The first kappa shape index (κ1) is 16.5. The number of hydrogen-bond acceptors (Lipinski definition) is 4. The van der Waals surface area contributed by atoms with Crippen LogP contribution in [0.4, 0.5) is 0 Å². The Labute approximate surface area is 123 Å². The summed E-state index contributed by atoms with van der Waals surface area (Å²) in [5.74, 6) is -1.88. The van der Waals surface area contributed by atoms with Gasteiger partial charge in [0.15, 0.2) is 0 Å². The van der Waals surface area contributed by atoms with Crippen molar-refractivity contribution in [2.75, 3.05) is 7.05 Å². The van der Waals surface area contributed by atoms with Crippen molar-refractivity contribution in [3.05, 3.63) is 47.3 Å². The summed E-state index contributed by atoms with van der Waals surface area (Å²) < 4.78 is 0. The van der Waals surface area contributed by atoms with Gasteiger partial charge in [-0.2, -0.15) is 0 Å². The molecule has 0 atom stereocenters. The van der Waals surface area contributed by atoms with Gasteiger partial charge in [-0.25, -0.2) is 4.79 Å². The summed E-state index contributed by atoms with van der Waals surface area (Å²) in [6.07, 6.45) is 6.94. The van der Waals surface area contributed by atoms with Gasteiger partial charge in [-0.05, 0) is 43.2 Å². The molecule has 1 rings (SSSR count). The fourth-order valence-corrected chi connectivity index (χ4v) is 1.67. The molecule has 1 heterocycles. The first-order chi connectivity index (χ1) is 9.99. The monoisotopic (exact) mass is 286 g/mol. The predicted molar refractivity (Wildman–Crippen MR) is 82.4 cm³/mol. The molecule has 0 aliphatic heterocycles. The SMILES string of the molecule is CC/C=C\C(=NC)C(=O)/C(=C\c1ccnc(C)c1)C(=O)O. The zero-order chi connectivity index (χ0) is 15.8. The Morgan fingerprint density at radius 1 is 1.43 bits per heavy atom. The van der Waals surface area contributed by atoms with Gasteiger partial charge in [-0.15, -0.1) is 0 Å². The molecule has 1 aromatic rings. The lowest BCUT2D eigenvalue weighted by Crippen LogP contribution is -2.20. The Morgan fingerprint density at radius 2 is 2.14 bits per heavy atom. The van der Waals surface area contributed by atoms with Crippen LogP contribution in [0.2, 0.25) is 0 Å². The number of hydrogen-bond donors (Lipinski definition) is 1. The quantitative estimate of drug-likeness (QED) is 0.377. The molecule has 0 bridgehead atoms. The molecule has 5 heteroatoms. The van der Waals surface area contributed by atoms with Gasteiger partial charge < -0.3 is 5.11 Å². The molecule has 0 unspecified atom stereocenters. The molecule has 5 nitrogen and oxygen atoms in total. The molecule has 0 aliphatic rings. The van der Waals surface area contributed by atoms with Crippen LogP contribution in [0, 0.1) is 6.92 Å². The zero-order valence-electron chi connectivity index (χ0n) is 12.3. The van der Waals surface area contributed by atoms with E-state index in [-0.39, 0.29) is 11.3 Å². The van der Waals surface area contributed by atoms with Gasteiger partial charge >= 0.3 is 5.97 Å². The minimum atomic E-state index is -1.28. The lowest BCUT2D eigenvalue weighted by molar-refractivity contribution is -0.133. The molecule has 110 valence electrons. The number of ketones is 1.